The van der Waals surface area contributed by atoms with Crippen LogP contribution in [0, 0.1) is 11.3 Å². The van der Waals surface area contributed by atoms with Gasteiger partial charge < -0.3 is 15.5 Å². The summed E-state index contributed by atoms with van der Waals surface area (Å²) in [4.78, 5) is 8.38. The Labute approximate surface area is 101 Å². The van der Waals surface area contributed by atoms with Crippen molar-refractivity contribution in [2.45, 2.75) is 12.5 Å². The van der Waals surface area contributed by atoms with E-state index in [9.17, 15) is 0 Å². The zero-order valence-electron chi connectivity index (χ0n) is 10.2. The van der Waals surface area contributed by atoms with Gasteiger partial charge in [0.1, 0.15) is 11.9 Å². The predicted molar refractivity (Wildman–Crippen MR) is 67.7 cm³/mol. The Bertz CT molecular complexity index is 449. The van der Waals surface area contributed by atoms with E-state index in [-0.39, 0.29) is 0 Å². The lowest BCUT2D eigenvalue weighted by molar-refractivity contribution is 0.315. The van der Waals surface area contributed by atoms with Crippen LogP contribution in [-0.2, 0) is 0 Å². The molecule has 1 atom stereocenters. The number of nitrogens with zero attached hydrogens (tertiary/aromatic N) is 4. The van der Waals surface area contributed by atoms with Gasteiger partial charge in [0, 0.05) is 31.4 Å². The van der Waals surface area contributed by atoms with Crippen molar-refractivity contribution in [2.24, 2.45) is 0 Å². The van der Waals surface area contributed by atoms with Gasteiger partial charge in [-0.15, -0.1) is 0 Å². The summed E-state index contributed by atoms with van der Waals surface area (Å²) in [5, 5.41) is 9.08. The molecule has 0 radical (unpaired) electrons. The number of nitrogen functional groups attached to an aromatic ring is 1. The second-order valence-electron chi connectivity index (χ2n) is 4.59. The molecule has 0 aromatic carbocycles. The molecule has 0 saturated carbocycles. The highest BCUT2D eigenvalue weighted by Gasteiger charge is 2.25. The van der Waals surface area contributed by atoms with Gasteiger partial charge in [-0.05, 0) is 20.5 Å². The number of anilines is 2. The molecule has 1 aliphatic rings. The Morgan fingerprint density at radius 3 is 2.94 bits per heavy atom. The van der Waals surface area contributed by atoms with Gasteiger partial charge >= 0.3 is 0 Å². The molecule has 0 unspecified atom stereocenters. The molecule has 90 valence electrons. The van der Waals surface area contributed by atoms with Gasteiger partial charge in [0.05, 0.1) is 11.3 Å². The van der Waals surface area contributed by atoms with Crippen LogP contribution < -0.4 is 10.6 Å². The number of nitriles is 1. The minimum atomic E-state index is 0.465. The average Bonchev–Trinajstić information content (AvgIpc) is 2.78. The van der Waals surface area contributed by atoms with Crippen molar-refractivity contribution in [3.63, 3.8) is 0 Å². The van der Waals surface area contributed by atoms with Crippen molar-refractivity contribution >= 4 is 11.5 Å². The van der Waals surface area contributed by atoms with Crippen molar-refractivity contribution in [3.05, 3.63) is 17.8 Å². The molecule has 2 rings (SSSR count). The van der Waals surface area contributed by atoms with Gasteiger partial charge in [-0.25, -0.2) is 4.98 Å². The van der Waals surface area contributed by atoms with Crippen molar-refractivity contribution in [2.75, 3.05) is 37.8 Å². The van der Waals surface area contributed by atoms with Crippen molar-refractivity contribution < 1.29 is 0 Å². The predicted octanol–water partition coefficient (Wildman–Crippen LogP) is 0.676. The van der Waals surface area contributed by atoms with Crippen LogP contribution in [0.1, 0.15) is 12.0 Å². The quantitative estimate of drug-likeness (QED) is 0.810. The summed E-state index contributed by atoms with van der Waals surface area (Å²) in [5.41, 5.74) is 7.19. The highest BCUT2D eigenvalue weighted by Crippen LogP contribution is 2.26. The zero-order valence-corrected chi connectivity index (χ0v) is 10.2. The third-order valence-electron chi connectivity index (χ3n) is 3.26. The number of hydrogen-bond donors (Lipinski definition) is 1. The lowest BCUT2D eigenvalue weighted by atomic mass is 10.2. The number of rotatable bonds is 2. The van der Waals surface area contributed by atoms with E-state index >= 15 is 0 Å². The average molecular weight is 231 g/mol. The zero-order chi connectivity index (χ0) is 12.4. The van der Waals surface area contributed by atoms with Crippen molar-refractivity contribution in [3.8, 4) is 6.07 Å². The van der Waals surface area contributed by atoms with E-state index in [1.807, 2.05) is 0 Å². The normalized spacial score (nSPS) is 19.6. The Morgan fingerprint density at radius 2 is 2.35 bits per heavy atom. The Hall–Kier alpha value is -1.80. The monoisotopic (exact) mass is 231 g/mol. The maximum absolute atomic E-state index is 9.08. The van der Waals surface area contributed by atoms with E-state index in [0.717, 1.165) is 25.2 Å². The van der Waals surface area contributed by atoms with Gasteiger partial charge in [0.2, 0.25) is 0 Å². The van der Waals surface area contributed by atoms with Crippen LogP contribution in [0.2, 0.25) is 0 Å². The minimum Gasteiger partial charge on any atom is -0.384 e. The Kier molecular flexibility index (Phi) is 3.16. The first kappa shape index (κ1) is 11.7. The summed E-state index contributed by atoms with van der Waals surface area (Å²) < 4.78 is 0. The van der Waals surface area contributed by atoms with Gasteiger partial charge in [-0.3, -0.25) is 0 Å². The number of hydrogen-bond acceptors (Lipinski definition) is 5. The molecular weight excluding hydrogens is 214 g/mol. The van der Waals surface area contributed by atoms with Crippen LogP contribution in [0.25, 0.3) is 0 Å². The fourth-order valence-corrected chi connectivity index (χ4v) is 2.19. The summed E-state index contributed by atoms with van der Waals surface area (Å²) >= 11 is 0. The molecule has 0 bridgehead atoms. The lowest BCUT2D eigenvalue weighted by Gasteiger charge is -2.22. The topological polar surface area (TPSA) is 69.2 Å². The van der Waals surface area contributed by atoms with Crippen molar-refractivity contribution in [1.82, 2.24) is 9.88 Å². The molecular formula is C12H17N5. The summed E-state index contributed by atoms with van der Waals surface area (Å²) in [7, 11) is 4.17. The first-order chi connectivity index (χ1) is 8.11. The summed E-state index contributed by atoms with van der Waals surface area (Å²) in [6.07, 6.45) is 2.66. The molecule has 0 aliphatic carbocycles. The van der Waals surface area contributed by atoms with E-state index in [1.54, 1.807) is 12.3 Å². The van der Waals surface area contributed by atoms with Crippen molar-refractivity contribution in [1.29, 1.82) is 5.26 Å². The second kappa shape index (κ2) is 4.60. The number of likely N-dealkylation sites (N-methyl/N-ethyl adjacent to an activating group) is 1. The largest absolute Gasteiger partial charge is 0.384 e. The first-order valence-electron chi connectivity index (χ1n) is 5.69. The smallest absolute Gasteiger partial charge is 0.125 e. The molecule has 1 aromatic rings. The van der Waals surface area contributed by atoms with Crippen LogP contribution in [0.15, 0.2) is 12.3 Å². The number of pyridine rings is 1. The SMILES string of the molecule is CN(C)[C@H]1CCN(c2cc(N)ncc2C#N)C1. The molecule has 1 saturated heterocycles. The summed E-state index contributed by atoms with van der Waals surface area (Å²) in [6, 6.07) is 4.50. The van der Waals surface area contributed by atoms with E-state index in [2.05, 4.69) is 34.9 Å². The molecule has 5 heteroatoms. The third-order valence-corrected chi connectivity index (χ3v) is 3.26. The van der Waals surface area contributed by atoms with Crippen LogP contribution >= 0.6 is 0 Å². The van der Waals surface area contributed by atoms with Crippen LogP contribution in [-0.4, -0.2) is 43.1 Å². The molecule has 0 amide bonds. The maximum Gasteiger partial charge on any atom is 0.125 e. The van der Waals surface area contributed by atoms with Gasteiger partial charge in [0.15, 0.2) is 0 Å². The molecule has 2 N–H and O–H groups in total. The molecule has 17 heavy (non-hydrogen) atoms. The van der Waals surface area contributed by atoms with E-state index in [1.165, 1.54) is 0 Å². The molecule has 0 spiro atoms. The molecule has 2 heterocycles. The Balaban J connectivity index is 2.24. The van der Waals surface area contributed by atoms with Crippen LogP contribution in [0.3, 0.4) is 0 Å². The highest BCUT2D eigenvalue weighted by atomic mass is 15.2. The third kappa shape index (κ3) is 2.32. The molecule has 5 nitrogen and oxygen atoms in total. The van der Waals surface area contributed by atoms with Crippen LogP contribution in [0.4, 0.5) is 11.5 Å². The maximum atomic E-state index is 9.08. The van der Waals surface area contributed by atoms with Crippen LogP contribution in [0.5, 0.6) is 0 Å². The summed E-state index contributed by atoms with van der Waals surface area (Å²) in [6.45, 7) is 1.89. The number of aromatic nitrogens is 1. The fourth-order valence-electron chi connectivity index (χ4n) is 2.19. The number of nitrogens with two attached hydrogens (primary N) is 1. The van der Waals surface area contributed by atoms with Gasteiger partial charge in [-0.2, -0.15) is 5.26 Å². The fraction of sp³-hybridized carbons (Fsp3) is 0.500. The summed E-state index contributed by atoms with van der Waals surface area (Å²) in [5.74, 6) is 0.465. The Morgan fingerprint density at radius 1 is 1.59 bits per heavy atom. The highest BCUT2D eigenvalue weighted by molar-refractivity contribution is 5.63. The molecule has 1 fully saturated rings. The van der Waals surface area contributed by atoms with E-state index in [0.29, 0.717) is 17.4 Å². The molecule has 1 aromatic heterocycles. The molecule has 1 aliphatic heterocycles. The van der Waals surface area contributed by atoms with Gasteiger partial charge in [-0.1, -0.05) is 0 Å². The minimum absolute atomic E-state index is 0.465. The first-order valence-corrected chi connectivity index (χ1v) is 5.69. The lowest BCUT2D eigenvalue weighted by Crippen LogP contribution is -2.31. The van der Waals surface area contributed by atoms with E-state index < -0.39 is 0 Å². The van der Waals surface area contributed by atoms with Gasteiger partial charge in [0.25, 0.3) is 0 Å². The van der Waals surface area contributed by atoms with E-state index in [4.69, 9.17) is 11.0 Å². The second-order valence-corrected chi connectivity index (χ2v) is 4.59. The standard InChI is InChI=1S/C12H17N5/c1-16(2)10-3-4-17(8-10)11-5-12(14)15-7-9(11)6-13/h5,7,10H,3-4,8H2,1-2H3,(H2,14,15)/t10-/m0/s1.